The third-order valence-electron chi connectivity index (χ3n) is 5.37. The predicted octanol–water partition coefficient (Wildman–Crippen LogP) is 5.15. The minimum atomic E-state index is -3.66. The average Bonchev–Trinajstić information content (AvgIpc) is 3.39. The number of aromatic nitrogens is 1. The fourth-order valence-electron chi connectivity index (χ4n) is 3.93. The van der Waals surface area contributed by atoms with Crippen LogP contribution >= 0.6 is 0 Å². The Morgan fingerprint density at radius 3 is 2.37 bits per heavy atom. The van der Waals surface area contributed by atoms with Crippen molar-refractivity contribution in [3.63, 3.8) is 0 Å². The van der Waals surface area contributed by atoms with Gasteiger partial charge in [-0.2, -0.15) is 0 Å². The number of oxazole rings is 1. The van der Waals surface area contributed by atoms with Crippen LogP contribution in [-0.4, -0.2) is 19.4 Å². The van der Waals surface area contributed by atoms with Crippen LogP contribution < -0.4 is 4.31 Å². The van der Waals surface area contributed by atoms with Crippen molar-refractivity contribution in [1.82, 2.24) is 4.98 Å². The van der Waals surface area contributed by atoms with Crippen molar-refractivity contribution in [3.05, 3.63) is 90.6 Å². The van der Waals surface area contributed by atoms with E-state index >= 15 is 0 Å². The van der Waals surface area contributed by atoms with Crippen molar-refractivity contribution < 1.29 is 12.8 Å². The smallest absolute Gasteiger partial charge is 0.264 e. The van der Waals surface area contributed by atoms with Gasteiger partial charge < -0.3 is 4.42 Å². The van der Waals surface area contributed by atoms with E-state index in [-0.39, 0.29) is 10.9 Å². The Balaban J connectivity index is 1.45. The van der Waals surface area contributed by atoms with Gasteiger partial charge >= 0.3 is 0 Å². The van der Waals surface area contributed by atoms with Crippen LogP contribution in [0, 0.1) is 0 Å². The molecule has 30 heavy (non-hydrogen) atoms. The number of benzene rings is 3. The SMILES string of the molecule is CC1Cc2ccccc2N1S(=O)(=O)c1ccc(-c2ncc(-c3ccccc3)o2)cc1. The summed E-state index contributed by atoms with van der Waals surface area (Å²) in [5, 5.41) is 0. The molecule has 5 nitrogen and oxygen atoms in total. The molecule has 1 aliphatic heterocycles. The number of hydrogen-bond acceptors (Lipinski definition) is 4. The molecule has 4 aromatic rings. The molecule has 0 spiro atoms. The largest absolute Gasteiger partial charge is 0.436 e. The van der Waals surface area contributed by atoms with E-state index in [1.807, 2.05) is 61.5 Å². The molecule has 0 fully saturated rings. The van der Waals surface area contributed by atoms with Crippen LogP contribution in [0.5, 0.6) is 0 Å². The van der Waals surface area contributed by atoms with Crippen LogP contribution in [0.25, 0.3) is 22.8 Å². The minimum absolute atomic E-state index is 0.118. The zero-order chi connectivity index (χ0) is 20.7. The lowest BCUT2D eigenvalue weighted by molar-refractivity contribution is 0.583. The Bertz CT molecular complexity index is 1300. The highest BCUT2D eigenvalue weighted by molar-refractivity contribution is 7.92. The molecular formula is C24H20N2O3S. The molecule has 150 valence electrons. The first-order chi connectivity index (χ1) is 14.5. The highest BCUT2D eigenvalue weighted by atomic mass is 32.2. The van der Waals surface area contributed by atoms with Crippen LogP contribution in [0.3, 0.4) is 0 Å². The summed E-state index contributed by atoms with van der Waals surface area (Å²) in [4.78, 5) is 4.60. The Hall–Kier alpha value is -3.38. The Kier molecular flexibility index (Phi) is 4.44. The molecule has 2 heterocycles. The van der Waals surface area contributed by atoms with Gasteiger partial charge in [-0.15, -0.1) is 0 Å². The lowest BCUT2D eigenvalue weighted by Crippen LogP contribution is -2.35. The van der Waals surface area contributed by atoms with Gasteiger partial charge in [-0.05, 0) is 49.2 Å². The molecule has 0 bridgehead atoms. The predicted molar refractivity (Wildman–Crippen MR) is 117 cm³/mol. The maximum Gasteiger partial charge on any atom is 0.264 e. The highest BCUT2D eigenvalue weighted by Gasteiger charge is 2.35. The molecule has 0 saturated heterocycles. The molecule has 3 aromatic carbocycles. The zero-order valence-electron chi connectivity index (χ0n) is 16.4. The molecular weight excluding hydrogens is 396 g/mol. The fourth-order valence-corrected chi connectivity index (χ4v) is 5.62. The molecule has 1 atom stereocenters. The van der Waals surface area contributed by atoms with E-state index in [4.69, 9.17) is 4.42 Å². The van der Waals surface area contributed by atoms with Gasteiger partial charge in [0, 0.05) is 17.2 Å². The number of para-hydroxylation sites is 1. The second kappa shape index (κ2) is 7.15. The van der Waals surface area contributed by atoms with Crippen molar-refractivity contribution >= 4 is 15.7 Å². The Morgan fingerprint density at radius 1 is 0.900 bits per heavy atom. The Morgan fingerprint density at radius 2 is 1.60 bits per heavy atom. The first-order valence-corrected chi connectivity index (χ1v) is 11.2. The third kappa shape index (κ3) is 3.09. The summed E-state index contributed by atoms with van der Waals surface area (Å²) < 4.78 is 34.1. The van der Waals surface area contributed by atoms with E-state index in [0.29, 0.717) is 18.1 Å². The van der Waals surface area contributed by atoms with Crippen LogP contribution in [0.15, 0.2) is 94.4 Å². The summed E-state index contributed by atoms with van der Waals surface area (Å²) >= 11 is 0. The van der Waals surface area contributed by atoms with Crippen molar-refractivity contribution in [1.29, 1.82) is 0 Å². The van der Waals surface area contributed by atoms with Gasteiger partial charge in [0.1, 0.15) is 0 Å². The lowest BCUT2D eigenvalue weighted by Gasteiger charge is -2.24. The van der Waals surface area contributed by atoms with Crippen molar-refractivity contribution in [3.8, 4) is 22.8 Å². The molecule has 0 N–H and O–H groups in total. The number of sulfonamides is 1. The number of fused-ring (bicyclic) bond motifs is 1. The lowest BCUT2D eigenvalue weighted by atomic mass is 10.1. The van der Waals surface area contributed by atoms with Crippen molar-refractivity contribution in [2.75, 3.05) is 4.31 Å². The topological polar surface area (TPSA) is 63.4 Å². The van der Waals surface area contributed by atoms with Crippen LogP contribution in [-0.2, 0) is 16.4 Å². The standard InChI is InChI=1S/C24H20N2O3S/c1-17-15-20-9-5-6-10-22(20)26(17)30(27,28)21-13-11-19(12-14-21)24-25-16-23(29-24)18-7-3-2-4-8-18/h2-14,16-17H,15H2,1H3. The quantitative estimate of drug-likeness (QED) is 0.462. The molecule has 1 unspecified atom stereocenters. The highest BCUT2D eigenvalue weighted by Crippen LogP contribution is 2.37. The fraction of sp³-hybridized carbons (Fsp3) is 0.125. The van der Waals surface area contributed by atoms with Crippen LogP contribution in [0.4, 0.5) is 5.69 Å². The van der Waals surface area contributed by atoms with E-state index in [0.717, 1.165) is 22.4 Å². The summed E-state index contributed by atoms with van der Waals surface area (Å²) in [6.45, 7) is 1.93. The second-order valence-electron chi connectivity index (χ2n) is 7.40. The molecule has 6 heteroatoms. The molecule has 0 aliphatic carbocycles. The molecule has 0 amide bonds. The molecule has 1 aliphatic rings. The number of rotatable bonds is 4. The van der Waals surface area contributed by atoms with E-state index < -0.39 is 10.0 Å². The van der Waals surface area contributed by atoms with Gasteiger partial charge in [-0.1, -0.05) is 48.5 Å². The summed E-state index contributed by atoms with van der Waals surface area (Å²) in [5.41, 5.74) is 3.48. The maximum absolute atomic E-state index is 13.3. The van der Waals surface area contributed by atoms with Gasteiger partial charge in [0.2, 0.25) is 5.89 Å². The molecule has 0 radical (unpaired) electrons. The van der Waals surface area contributed by atoms with Gasteiger partial charge in [0.25, 0.3) is 10.0 Å². The first kappa shape index (κ1) is 18.6. The van der Waals surface area contributed by atoms with Gasteiger partial charge in [0.05, 0.1) is 16.8 Å². The summed E-state index contributed by atoms with van der Waals surface area (Å²) in [7, 11) is -3.66. The molecule has 0 saturated carbocycles. The average molecular weight is 417 g/mol. The van der Waals surface area contributed by atoms with Crippen molar-refractivity contribution in [2.24, 2.45) is 0 Å². The maximum atomic E-state index is 13.3. The number of anilines is 1. The van der Waals surface area contributed by atoms with E-state index in [9.17, 15) is 8.42 Å². The summed E-state index contributed by atoms with van der Waals surface area (Å²) in [5.74, 6) is 1.13. The van der Waals surface area contributed by atoms with E-state index in [1.54, 1.807) is 30.5 Å². The molecule has 1 aromatic heterocycles. The van der Waals surface area contributed by atoms with Gasteiger partial charge in [0.15, 0.2) is 5.76 Å². The second-order valence-corrected chi connectivity index (χ2v) is 9.22. The van der Waals surface area contributed by atoms with E-state index in [2.05, 4.69) is 4.98 Å². The van der Waals surface area contributed by atoms with Crippen molar-refractivity contribution in [2.45, 2.75) is 24.3 Å². The monoisotopic (exact) mass is 416 g/mol. The number of hydrogen-bond donors (Lipinski definition) is 0. The third-order valence-corrected chi connectivity index (χ3v) is 7.31. The minimum Gasteiger partial charge on any atom is -0.436 e. The van der Waals surface area contributed by atoms with Crippen LogP contribution in [0.1, 0.15) is 12.5 Å². The Labute approximate surface area is 175 Å². The van der Waals surface area contributed by atoms with Crippen LogP contribution in [0.2, 0.25) is 0 Å². The normalized spacial score (nSPS) is 15.9. The number of nitrogens with zero attached hydrogens (tertiary/aromatic N) is 2. The zero-order valence-corrected chi connectivity index (χ0v) is 17.2. The van der Waals surface area contributed by atoms with E-state index in [1.165, 1.54) is 4.31 Å². The van der Waals surface area contributed by atoms with Gasteiger partial charge in [-0.25, -0.2) is 13.4 Å². The van der Waals surface area contributed by atoms with Gasteiger partial charge in [-0.3, -0.25) is 4.31 Å². The molecule has 5 rings (SSSR count). The first-order valence-electron chi connectivity index (χ1n) is 9.78. The summed E-state index contributed by atoms with van der Waals surface area (Å²) in [6, 6.07) is 24.0. The summed E-state index contributed by atoms with van der Waals surface area (Å²) in [6.07, 6.45) is 2.39.